The molecule has 0 spiro atoms. The van der Waals surface area contributed by atoms with Gasteiger partial charge in [0.15, 0.2) is 18.1 Å². The lowest BCUT2D eigenvalue weighted by Gasteiger charge is -2.24. The molecule has 0 aliphatic carbocycles. The molecular weight excluding hydrogens is 434 g/mol. The summed E-state index contributed by atoms with van der Waals surface area (Å²) >= 11 is 0. The Morgan fingerprint density at radius 1 is 1.03 bits per heavy atom. The number of rotatable bonds is 8. The highest BCUT2D eigenvalue weighted by molar-refractivity contribution is 5.85. The summed E-state index contributed by atoms with van der Waals surface area (Å²) in [5.74, 6) is 1.08. The van der Waals surface area contributed by atoms with Crippen molar-refractivity contribution in [1.29, 1.82) is 0 Å². The number of para-hydroxylation sites is 2. The summed E-state index contributed by atoms with van der Waals surface area (Å²) in [7, 11) is 0. The molecule has 0 saturated heterocycles. The fourth-order valence-corrected chi connectivity index (χ4v) is 3.30. The maximum atomic E-state index is 12.3. The van der Waals surface area contributed by atoms with Crippen molar-refractivity contribution in [3.63, 3.8) is 0 Å². The van der Waals surface area contributed by atoms with Crippen LogP contribution in [0.1, 0.15) is 24.1 Å². The fraction of sp³-hybridized carbons (Fsp3) is 0.192. The molecule has 0 radical (unpaired) electrons. The largest absolute Gasteiger partial charge is 0.485 e. The van der Waals surface area contributed by atoms with Crippen molar-refractivity contribution in [2.24, 2.45) is 5.10 Å². The zero-order chi connectivity index (χ0) is 23.8. The summed E-state index contributed by atoms with van der Waals surface area (Å²) in [4.78, 5) is 24.4. The number of fused-ring (bicyclic) bond motifs is 1. The summed E-state index contributed by atoms with van der Waals surface area (Å²) in [5, 5.41) is 6.88. The van der Waals surface area contributed by atoms with Crippen LogP contribution in [0.25, 0.3) is 0 Å². The predicted octanol–water partition coefficient (Wildman–Crippen LogP) is 3.23. The van der Waals surface area contributed by atoms with Gasteiger partial charge in [0.05, 0.1) is 12.3 Å². The number of ether oxygens (including phenoxy) is 3. The van der Waals surface area contributed by atoms with Gasteiger partial charge >= 0.3 is 0 Å². The fourth-order valence-electron chi connectivity index (χ4n) is 3.30. The Morgan fingerprint density at radius 3 is 2.50 bits per heavy atom. The monoisotopic (exact) mass is 459 g/mol. The number of nitrogens with one attached hydrogen (secondary N) is 2. The first-order valence-corrected chi connectivity index (χ1v) is 10.9. The Hall–Kier alpha value is -4.33. The van der Waals surface area contributed by atoms with Gasteiger partial charge in [0.25, 0.3) is 11.8 Å². The molecule has 2 amide bonds. The van der Waals surface area contributed by atoms with Crippen LogP contribution in [0.15, 0.2) is 84.0 Å². The van der Waals surface area contributed by atoms with E-state index in [0.717, 1.165) is 11.1 Å². The average Bonchev–Trinajstić information content (AvgIpc) is 2.88. The molecule has 34 heavy (non-hydrogen) atoms. The van der Waals surface area contributed by atoms with Crippen LogP contribution in [0.5, 0.6) is 17.2 Å². The number of amides is 2. The smallest absolute Gasteiger partial charge is 0.284 e. The summed E-state index contributed by atoms with van der Waals surface area (Å²) in [6, 6.07) is 23.8. The molecule has 1 aliphatic heterocycles. The van der Waals surface area contributed by atoms with E-state index in [1.807, 2.05) is 49.4 Å². The molecule has 0 unspecified atom stereocenters. The number of hydrogen-bond donors (Lipinski definition) is 2. The van der Waals surface area contributed by atoms with Gasteiger partial charge in [-0.3, -0.25) is 9.59 Å². The molecule has 0 aromatic heterocycles. The van der Waals surface area contributed by atoms with Gasteiger partial charge < -0.3 is 19.5 Å². The third kappa shape index (κ3) is 6.13. The Morgan fingerprint density at radius 2 is 1.74 bits per heavy atom. The van der Waals surface area contributed by atoms with Gasteiger partial charge in [0.1, 0.15) is 12.4 Å². The molecule has 1 heterocycles. The van der Waals surface area contributed by atoms with Crippen LogP contribution in [0, 0.1) is 0 Å². The molecule has 4 rings (SSSR count). The number of hydrazone groups is 1. The summed E-state index contributed by atoms with van der Waals surface area (Å²) < 4.78 is 16.7. The van der Waals surface area contributed by atoms with E-state index in [2.05, 4.69) is 15.8 Å². The minimum atomic E-state index is -0.779. The standard InChI is InChI=1S/C26H25N3O5/c1-18(20-7-3-2-4-8-20)28-25(30)17-32-21-13-11-19(12-14-21)15-27-29-26(31)24-16-33-22-9-5-6-10-23(22)34-24/h2-15,18,24H,16-17H2,1H3,(H,28,30)(H,29,31)/b27-15-/t18-,24+/m0/s1. The van der Waals surface area contributed by atoms with Crippen molar-refractivity contribution in [2.45, 2.75) is 19.1 Å². The quantitative estimate of drug-likeness (QED) is 0.398. The summed E-state index contributed by atoms with van der Waals surface area (Å²) in [5.41, 5.74) is 4.24. The molecule has 8 nitrogen and oxygen atoms in total. The van der Waals surface area contributed by atoms with Crippen molar-refractivity contribution in [3.8, 4) is 17.2 Å². The van der Waals surface area contributed by atoms with Gasteiger partial charge in [0, 0.05) is 0 Å². The molecule has 0 saturated carbocycles. The van der Waals surface area contributed by atoms with E-state index in [1.54, 1.807) is 36.4 Å². The highest BCUT2D eigenvalue weighted by atomic mass is 16.6. The average molecular weight is 460 g/mol. The van der Waals surface area contributed by atoms with Crippen LogP contribution in [-0.2, 0) is 9.59 Å². The van der Waals surface area contributed by atoms with Crippen molar-refractivity contribution in [3.05, 3.63) is 90.0 Å². The van der Waals surface area contributed by atoms with Gasteiger partial charge in [0.2, 0.25) is 6.10 Å². The number of nitrogens with zero attached hydrogens (tertiary/aromatic N) is 1. The van der Waals surface area contributed by atoms with Gasteiger partial charge in [-0.1, -0.05) is 42.5 Å². The van der Waals surface area contributed by atoms with E-state index in [4.69, 9.17) is 14.2 Å². The predicted molar refractivity (Wildman–Crippen MR) is 127 cm³/mol. The Labute approximate surface area is 197 Å². The Balaban J connectivity index is 1.20. The van der Waals surface area contributed by atoms with Gasteiger partial charge in [-0.15, -0.1) is 0 Å². The minimum Gasteiger partial charge on any atom is -0.485 e. The second-order valence-corrected chi connectivity index (χ2v) is 7.66. The molecule has 0 fully saturated rings. The van der Waals surface area contributed by atoms with E-state index < -0.39 is 12.0 Å². The van der Waals surface area contributed by atoms with Crippen LogP contribution < -0.4 is 25.0 Å². The Kier molecular flexibility index (Phi) is 7.39. The van der Waals surface area contributed by atoms with E-state index in [1.165, 1.54) is 6.21 Å². The van der Waals surface area contributed by atoms with E-state index in [9.17, 15) is 9.59 Å². The molecule has 3 aromatic rings. The lowest BCUT2D eigenvalue weighted by molar-refractivity contribution is -0.130. The molecular formula is C26H25N3O5. The maximum Gasteiger partial charge on any atom is 0.284 e. The maximum absolute atomic E-state index is 12.3. The summed E-state index contributed by atoms with van der Waals surface area (Å²) in [6.45, 7) is 1.95. The zero-order valence-electron chi connectivity index (χ0n) is 18.6. The third-order valence-corrected chi connectivity index (χ3v) is 5.12. The first kappa shape index (κ1) is 22.8. The highest BCUT2D eigenvalue weighted by Crippen LogP contribution is 2.30. The minimum absolute atomic E-state index is 0.0900. The number of hydrogen-bond acceptors (Lipinski definition) is 6. The molecule has 174 valence electrons. The Bertz CT molecular complexity index is 1150. The van der Waals surface area contributed by atoms with Crippen LogP contribution in [0.4, 0.5) is 0 Å². The van der Waals surface area contributed by atoms with Crippen molar-refractivity contribution < 1.29 is 23.8 Å². The topological polar surface area (TPSA) is 98.2 Å². The lowest BCUT2D eigenvalue weighted by Crippen LogP contribution is -2.42. The van der Waals surface area contributed by atoms with Crippen molar-refractivity contribution >= 4 is 18.0 Å². The van der Waals surface area contributed by atoms with E-state index in [-0.39, 0.29) is 25.2 Å². The van der Waals surface area contributed by atoms with Crippen LogP contribution >= 0.6 is 0 Å². The SMILES string of the molecule is C[C@H](NC(=O)COc1ccc(/C=N\NC(=O)[C@H]2COc3ccccc3O2)cc1)c1ccccc1. The molecule has 8 heteroatoms. The molecule has 2 atom stereocenters. The van der Waals surface area contributed by atoms with Gasteiger partial charge in [-0.25, -0.2) is 5.43 Å². The third-order valence-electron chi connectivity index (χ3n) is 5.12. The van der Waals surface area contributed by atoms with Crippen molar-refractivity contribution in [2.75, 3.05) is 13.2 Å². The normalized spacial score (nSPS) is 15.4. The van der Waals surface area contributed by atoms with Crippen LogP contribution in [0.3, 0.4) is 0 Å². The van der Waals surface area contributed by atoms with E-state index in [0.29, 0.717) is 17.2 Å². The van der Waals surface area contributed by atoms with Crippen LogP contribution in [-0.4, -0.2) is 37.3 Å². The van der Waals surface area contributed by atoms with Gasteiger partial charge in [-0.05, 0) is 54.4 Å². The number of carbonyl (C=O) groups excluding carboxylic acids is 2. The molecule has 0 bridgehead atoms. The second kappa shape index (κ2) is 11.0. The van der Waals surface area contributed by atoms with Crippen molar-refractivity contribution in [1.82, 2.24) is 10.7 Å². The molecule has 2 N–H and O–H groups in total. The second-order valence-electron chi connectivity index (χ2n) is 7.66. The molecule has 3 aromatic carbocycles. The van der Waals surface area contributed by atoms with Crippen LogP contribution in [0.2, 0.25) is 0 Å². The summed E-state index contributed by atoms with van der Waals surface area (Å²) in [6.07, 6.45) is 0.728. The van der Waals surface area contributed by atoms with E-state index >= 15 is 0 Å². The number of benzene rings is 3. The highest BCUT2D eigenvalue weighted by Gasteiger charge is 2.26. The zero-order valence-corrected chi connectivity index (χ0v) is 18.6. The first-order valence-electron chi connectivity index (χ1n) is 10.9. The number of carbonyl (C=O) groups is 2. The van der Waals surface area contributed by atoms with Gasteiger partial charge in [-0.2, -0.15) is 5.10 Å². The first-order chi connectivity index (χ1) is 16.6. The molecule has 1 aliphatic rings. The lowest BCUT2D eigenvalue weighted by atomic mass is 10.1.